The normalized spacial score (nSPS) is 16.8. The number of aromatic nitrogens is 2. The fraction of sp³-hybridized carbons (Fsp3) is 0.316. The number of benzene rings is 1. The van der Waals surface area contributed by atoms with E-state index in [1.807, 2.05) is 23.1 Å². The molecule has 2 N–H and O–H groups in total. The average molecular weight is 351 g/mol. The number of rotatable bonds is 3. The highest BCUT2D eigenvalue weighted by Crippen LogP contribution is 2.28. The van der Waals surface area contributed by atoms with E-state index in [1.165, 1.54) is 0 Å². The van der Waals surface area contributed by atoms with Crippen LogP contribution in [-0.4, -0.2) is 47.3 Å². The van der Waals surface area contributed by atoms with Crippen LogP contribution in [0.2, 0.25) is 0 Å². The van der Waals surface area contributed by atoms with Crippen LogP contribution >= 0.6 is 0 Å². The van der Waals surface area contributed by atoms with Gasteiger partial charge in [-0.05, 0) is 23.8 Å². The third-order valence-electron chi connectivity index (χ3n) is 4.65. The highest BCUT2D eigenvalue weighted by Gasteiger charge is 2.16. The molecule has 1 fully saturated rings. The van der Waals surface area contributed by atoms with Crippen molar-refractivity contribution in [2.75, 3.05) is 26.3 Å². The zero-order valence-electron chi connectivity index (χ0n) is 14.6. The van der Waals surface area contributed by atoms with Crippen LogP contribution in [0.5, 0.6) is 0 Å². The Balaban J connectivity index is 1.54. The molecule has 0 amide bonds. The summed E-state index contributed by atoms with van der Waals surface area (Å²) in [4.78, 5) is 10.7. The number of pyridine rings is 1. The van der Waals surface area contributed by atoms with Crippen LogP contribution in [0, 0.1) is 0 Å². The van der Waals surface area contributed by atoms with Crippen LogP contribution in [0.1, 0.15) is 24.1 Å². The van der Waals surface area contributed by atoms with Crippen LogP contribution < -0.4 is 5.73 Å². The molecule has 2 aromatic heterocycles. The van der Waals surface area contributed by atoms with Gasteiger partial charge in [0.1, 0.15) is 0 Å². The molecule has 134 valence electrons. The van der Waals surface area contributed by atoms with Crippen LogP contribution in [-0.2, 0) is 4.74 Å². The summed E-state index contributed by atoms with van der Waals surface area (Å²) in [7, 11) is 0. The summed E-state index contributed by atoms with van der Waals surface area (Å²) in [5, 5.41) is 5.28. The number of hydrogen-bond donors (Lipinski definition) is 1. The summed E-state index contributed by atoms with van der Waals surface area (Å²) in [5.74, 6) is 0.927. The van der Waals surface area contributed by atoms with Gasteiger partial charge in [0.2, 0.25) is 0 Å². The molecule has 1 aromatic carbocycles. The van der Waals surface area contributed by atoms with Crippen molar-refractivity contribution in [1.29, 1.82) is 0 Å². The van der Waals surface area contributed by atoms with Crippen LogP contribution in [0.3, 0.4) is 0 Å². The van der Waals surface area contributed by atoms with Gasteiger partial charge in [0.15, 0.2) is 5.96 Å². The second kappa shape index (κ2) is 7.13. The molecular formula is C19H21N5O2. The number of nitrogens with two attached hydrogens (primary N) is 1. The minimum absolute atomic E-state index is 0.0805. The summed E-state index contributed by atoms with van der Waals surface area (Å²) < 4.78 is 10.7. The Morgan fingerprint density at radius 1 is 1.23 bits per heavy atom. The number of aliphatic imine (C=N–C) groups is 1. The van der Waals surface area contributed by atoms with E-state index in [0.29, 0.717) is 25.1 Å². The van der Waals surface area contributed by atoms with E-state index < -0.39 is 0 Å². The SMILES string of the molecule is CC(c1ccc2ncccc2c1)c1cc(N=C(N)N2CCOCC2)on1. The monoisotopic (exact) mass is 351 g/mol. The minimum Gasteiger partial charge on any atom is -0.378 e. The summed E-state index contributed by atoms with van der Waals surface area (Å²) >= 11 is 0. The molecule has 0 bridgehead atoms. The molecule has 1 aliphatic rings. The van der Waals surface area contributed by atoms with Gasteiger partial charge in [-0.15, -0.1) is 0 Å². The standard InChI is InChI=1S/C19H21N5O2/c1-13(14-4-5-16-15(11-14)3-2-6-21-16)17-12-18(26-23-17)22-19(20)24-7-9-25-10-8-24/h2-6,11-13H,7-10H2,1H3,(H2,20,22). The van der Waals surface area contributed by atoms with Gasteiger partial charge < -0.3 is 19.9 Å². The summed E-state index contributed by atoms with van der Waals surface area (Å²) in [6.45, 7) is 4.88. The van der Waals surface area contributed by atoms with Crippen molar-refractivity contribution in [3.8, 4) is 0 Å². The second-order valence-corrected chi connectivity index (χ2v) is 6.34. The molecule has 3 heterocycles. The Morgan fingerprint density at radius 3 is 2.92 bits per heavy atom. The van der Waals surface area contributed by atoms with Crippen molar-refractivity contribution in [2.45, 2.75) is 12.8 Å². The molecule has 0 saturated carbocycles. The summed E-state index contributed by atoms with van der Waals surface area (Å²) in [6.07, 6.45) is 1.80. The number of morpholine rings is 1. The van der Waals surface area contributed by atoms with Gasteiger partial charge in [-0.2, -0.15) is 4.99 Å². The van der Waals surface area contributed by atoms with E-state index in [2.05, 4.69) is 40.3 Å². The molecule has 0 spiro atoms. The molecule has 3 aromatic rings. The fourth-order valence-corrected chi connectivity index (χ4v) is 3.05. The summed E-state index contributed by atoms with van der Waals surface area (Å²) in [6, 6.07) is 12.1. The lowest BCUT2D eigenvalue weighted by Gasteiger charge is -2.27. The first kappa shape index (κ1) is 16.5. The van der Waals surface area contributed by atoms with Crippen LogP contribution in [0.4, 0.5) is 5.88 Å². The van der Waals surface area contributed by atoms with Gasteiger partial charge in [-0.3, -0.25) is 4.98 Å². The maximum absolute atomic E-state index is 6.06. The molecule has 0 aliphatic carbocycles. The van der Waals surface area contributed by atoms with E-state index in [4.69, 9.17) is 15.0 Å². The Hall–Kier alpha value is -2.93. The molecule has 0 radical (unpaired) electrons. The van der Waals surface area contributed by atoms with Gasteiger partial charge in [0.25, 0.3) is 5.88 Å². The first-order chi connectivity index (χ1) is 12.7. The lowest BCUT2D eigenvalue weighted by molar-refractivity contribution is 0.0675. The van der Waals surface area contributed by atoms with Crippen LogP contribution in [0.25, 0.3) is 10.9 Å². The van der Waals surface area contributed by atoms with Crippen molar-refractivity contribution in [3.63, 3.8) is 0 Å². The van der Waals surface area contributed by atoms with E-state index >= 15 is 0 Å². The van der Waals surface area contributed by atoms with Crippen molar-refractivity contribution in [3.05, 3.63) is 53.9 Å². The highest BCUT2D eigenvalue weighted by atomic mass is 16.5. The molecule has 1 atom stereocenters. The third-order valence-corrected chi connectivity index (χ3v) is 4.65. The van der Waals surface area contributed by atoms with E-state index in [-0.39, 0.29) is 5.92 Å². The van der Waals surface area contributed by atoms with E-state index in [9.17, 15) is 0 Å². The number of hydrogen-bond acceptors (Lipinski definition) is 5. The maximum Gasteiger partial charge on any atom is 0.253 e. The van der Waals surface area contributed by atoms with Gasteiger partial charge in [0, 0.05) is 36.7 Å². The van der Waals surface area contributed by atoms with Crippen molar-refractivity contribution in [1.82, 2.24) is 15.0 Å². The quantitative estimate of drug-likeness (QED) is 0.576. The zero-order valence-corrected chi connectivity index (χ0v) is 14.6. The lowest BCUT2D eigenvalue weighted by atomic mass is 9.96. The smallest absolute Gasteiger partial charge is 0.253 e. The Bertz CT molecular complexity index is 930. The molecular weight excluding hydrogens is 330 g/mol. The van der Waals surface area contributed by atoms with Gasteiger partial charge >= 0.3 is 0 Å². The van der Waals surface area contributed by atoms with E-state index in [0.717, 1.165) is 35.2 Å². The van der Waals surface area contributed by atoms with Gasteiger partial charge in [-0.1, -0.05) is 24.2 Å². The molecule has 1 saturated heterocycles. The third kappa shape index (κ3) is 3.39. The number of fused-ring (bicyclic) bond motifs is 1. The largest absolute Gasteiger partial charge is 0.378 e. The maximum atomic E-state index is 6.06. The Labute approximate surface area is 151 Å². The zero-order chi connectivity index (χ0) is 17.9. The summed E-state index contributed by atoms with van der Waals surface area (Å²) in [5.41, 5.74) is 9.01. The molecule has 4 rings (SSSR count). The first-order valence-electron chi connectivity index (χ1n) is 8.69. The van der Waals surface area contributed by atoms with Gasteiger partial charge in [-0.25, -0.2) is 0 Å². The fourth-order valence-electron chi connectivity index (χ4n) is 3.05. The topological polar surface area (TPSA) is 89.8 Å². The molecule has 7 nitrogen and oxygen atoms in total. The van der Waals surface area contributed by atoms with Gasteiger partial charge in [0.05, 0.1) is 24.4 Å². The number of ether oxygens (including phenoxy) is 1. The molecule has 26 heavy (non-hydrogen) atoms. The average Bonchev–Trinajstić information content (AvgIpc) is 3.16. The lowest BCUT2D eigenvalue weighted by Crippen LogP contribution is -2.44. The molecule has 1 unspecified atom stereocenters. The van der Waals surface area contributed by atoms with Crippen molar-refractivity contribution >= 4 is 22.7 Å². The predicted octanol–water partition coefficient (Wildman–Crippen LogP) is 2.65. The van der Waals surface area contributed by atoms with Crippen molar-refractivity contribution < 1.29 is 9.26 Å². The molecule has 7 heteroatoms. The predicted molar refractivity (Wildman–Crippen MR) is 99.4 cm³/mol. The first-order valence-corrected chi connectivity index (χ1v) is 8.69. The number of guanidine groups is 1. The Morgan fingerprint density at radius 2 is 2.08 bits per heavy atom. The minimum atomic E-state index is 0.0805. The Kier molecular flexibility index (Phi) is 4.53. The number of nitrogens with zero attached hydrogens (tertiary/aromatic N) is 4. The van der Waals surface area contributed by atoms with Crippen LogP contribution in [0.15, 0.2) is 52.1 Å². The van der Waals surface area contributed by atoms with E-state index in [1.54, 1.807) is 6.20 Å². The van der Waals surface area contributed by atoms with Crippen molar-refractivity contribution in [2.24, 2.45) is 10.7 Å². The molecule has 1 aliphatic heterocycles. The second-order valence-electron chi connectivity index (χ2n) is 6.34. The highest BCUT2D eigenvalue weighted by molar-refractivity contribution is 5.80.